The van der Waals surface area contributed by atoms with Crippen molar-refractivity contribution in [2.24, 2.45) is 0 Å². The summed E-state index contributed by atoms with van der Waals surface area (Å²) in [6.07, 6.45) is 0.663. The minimum atomic E-state index is -0.182. The highest BCUT2D eigenvalue weighted by molar-refractivity contribution is 7.23. The predicted octanol–water partition coefficient (Wildman–Crippen LogP) is 4.53. The van der Waals surface area contributed by atoms with Gasteiger partial charge in [0, 0.05) is 13.7 Å². The molecule has 0 bridgehead atoms. The average molecular weight is 413 g/mol. The number of amides is 1. The maximum atomic E-state index is 12.3. The Balaban J connectivity index is 1.58. The molecular weight excluding hydrogens is 395 g/mol. The summed E-state index contributed by atoms with van der Waals surface area (Å²) in [6, 6.07) is 9.53. The third-order valence-electron chi connectivity index (χ3n) is 3.82. The van der Waals surface area contributed by atoms with Crippen molar-refractivity contribution in [3.63, 3.8) is 0 Å². The van der Waals surface area contributed by atoms with Crippen LogP contribution in [0, 0.1) is 0 Å². The van der Waals surface area contributed by atoms with E-state index in [1.54, 1.807) is 13.2 Å². The first-order valence-electron chi connectivity index (χ1n) is 8.04. The van der Waals surface area contributed by atoms with Crippen LogP contribution in [0.5, 0.6) is 5.75 Å². The molecule has 0 saturated heterocycles. The van der Waals surface area contributed by atoms with Gasteiger partial charge in [-0.25, -0.2) is 0 Å². The summed E-state index contributed by atoms with van der Waals surface area (Å²) in [7, 11) is 1.64. The van der Waals surface area contributed by atoms with Crippen molar-refractivity contribution in [1.82, 2.24) is 10.3 Å². The summed E-state index contributed by atoms with van der Waals surface area (Å²) >= 11 is 13.4. The number of aromatic nitrogens is 1. The molecule has 3 rings (SSSR count). The van der Waals surface area contributed by atoms with Crippen LogP contribution in [0.2, 0.25) is 9.36 Å². The van der Waals surface area contributed by atoms with Gasteiger partial charge in [0.25, 0.3) is 5.91 Å². The van der Waals surface area contributed by atoms with Gasteiger partial charge in [-0.15, -0.1) is 11.3 Å². The lowest BCUT2D eigenvalue weighted by atomic mass is 10.1. The fourth-order valence-corrected chi connectivity index (χ4v) is 4.01. The fourth-order valence-electron chi connectivity index (χ4n) is 2.53. The van der Waals surface area contributed by atoms with E-state index in [0.29, 0.717) is 46.7 Å². The molecule has 0 aliphatic carbocycles. The number of halogens is 2. The zero-order valence-electron chi connectivity index (χ0n) is 14.1. The lowest BCUT2D eigenvalue weighted by Crippen LogP contribution is -2.26. The van der Waals surface area contributed by atoms with E-state index in [1.807, 2.05) is 24.3 Å². The lowest BCUT2D eigenvalue weighted by Gasteiger charge is -2.11. The van der Waals surface area contributed by atoms with Crippen molar-refractivity contribution in [3.05, 3.63) is 50.9 Å². The van der Waals surface area contributed by atoms with Crippen molar-refractivity contribution >= 4 is 50.7 Å². The second-order valence-electron chi connectivity index (χ2n) is 5.57. The Hall–Kier alpha value is -1.73. The number of aromatic amines is 1. The van der Waals surface area contributed by atoms with Gasteiger partial charge in [-0.1, -0.05) is 41.4 Å². The minimum Gasteiger partial charge on any atom is -0.491 e. The van der Waals surface area contributed by atoms with E-state index in [-0.39, 0.29) is 5.91 Å². The number of benzene rings is 1. The van der Waals surface area contributed by atoms with Crippen molar-refractivity contribution in [2.45, 2.75) is 6.42 Å². The highest BCUT2D eigenvalue weighted by Gasteiger charge is 2.15. The molecule has 0 fully saturated rings. The highest BCUT2D eigenvalue weighted by atomic mass is 35.5. The van der Waals surface area contributed by atoms with Gasteiger partial charge in [-0.2, -0.15) is 0 Å². The molecule has 138 valence electrons. The number of methoxy groups -OCH3 is 1. The molecule has 3 aromatic rings. The summed E-state index contributed by atoms with van der Waals surface area (Å²) < 4.78 is 12.1. The number of rotatable bonds is 8. The van der Waals surface area contributed by atoms with Gasteiger partial charge in [0.05, 0.1) is 21.8 Å². The molecule has 1 aromatic carbocycles. The molecule has 2 N–H and O–H groups in total. The van der Waals surface area contributed by atoms with Crippen LogP contribution in [-0.2, 0) is 11.2 Å². The molecule has 0 aliphatic rings. The number of ether oxygens (including phenoxy) is 2. The SMILES string of the molecule is COCCOc1ccccc1CCNC(=O)c1cc2sc(Cl)c(Cl)c2[nH]1. The topological polar surface area (TPSA) is 63.4 Å². The molecule has 0 unspecified atom stereocenters. The number of carbonyl (C=O) groups is 1. The first kappa shape index (κ1) is 19.0. The summed E-state index contributed by atoms with van der Waals surface area (Å²) in [6.45, 7) is 1.51. The Morgan fingerprint density at radius 2 is 2.08 bits per heavy atom. The highest BCUT2D eigenvalue weighted by Crippen LogP contribution is 2.38. The smallest absolute Gasteiger partial charge is 0.267 e. The van der Waals surface area contributed by atoms with Crippen LogP contribution >= 0.6 is 34.5 Å². The van der Waals surface area contributed by atoms with Crippen LogP contribution in [0.25, 0.3) is 10.2 Å². The summed E-state index contributed by atoms with van der Waals surface area (Å²) in [5, 5.41) is 3.36. The average Bonchev–Trinajstić information content (AvgIpc) is 3.16. The van der Waals surface area contributed by atoms with E-state index >= 15 is 0 Å². The molecule has 5 nitrogen and oxygen atoms in total. The number of carbonyl (C=O) groups excluding carboxylic acids is 1. The Bertz CT molecular complexity index is 907. The van der Waals surface area contributed by atoms with Crippen molar-refractivity contribution in [2.75, 3.05) is 26.9 Å². The predicted molar refractivity (Wildman–Crippen MR) is 106 cm³/mol. The third kappa shape index (κ3) is 4.32. The number of H-pyrrole nitrogens is 1. The molecule has 1 amide bonds. The minimum absolute atomic E-state index is 0.182. The van der Waals surface area contributed by atoms with Gasteiger partial charge >= 0.3 is 0 Å². The maximum Gasteiger partial charge on any atom is 0.267 e. The fraction of sp³-hybridized carbons (Fsp3) is 0.278. The molecule has 0 radical (unpaired) electrons. The van der Waals surface area contributed by atoms with Gasteiger partial charge in [-0.05, 0) is 24.1 Å². The van der Waals surface area contributed by atoms with E-state index < -0.39 is 0 Å². The number of para-hydroxylation sites is 1. The van der Waals surface area contributed by atoms with Gasteiger partial charge < -0.3 is 19.8 Å². The van der Waals surface area contributed by atoms with Crippen molar-refractivity contribution in [1.29, 1.82) is 0 Å². The number of hydrogen-bond acceptors (Lipinski definition) is 4. The molecule has 0 aliphatic heterocycles. The normalized spacial score (nSPS) is 11.0. The molecule has 0 spiro atoms. The molecule has 0 saturated carbocycles. The molecule has 2 heterocycles. The number of nitrogens with one attached hydrogen (secondary N) is 2. The van der Waals surface area contributed by atoms with Crippen LogP contribution < -0.4 is 10.1 Å². The van der Waals surface area contributed by atoms with Crippen LogP contribution in [0.3, 0.4) is 0 Å². The maximum absolute atomic E-state index is 12.3. The van der Waals surface area contributed by atoms with Crippen LogP contribution in [-0.4, -0.2) is 37.8 Å². The summed E-state index contributed by atoms with van der Waals surface area (Å²) in [5.41, 5.74) is 2.20. The molecular formula is C18H18Cl2N2O3S. The van der Waals surface area contributed by atoms with E-state index in [0.717, 1.165) is 16.0 Å². The van der Waals surface area contributed by atoms with E-state index in [4.69, 9.17) is 32.7 Å². The van der Waals surface area contributed by atoms with Crippen molar-refractivity contribution < 1.29 is 14.3 Å². The summed E-state index contributed by atoms with van der Waals surface area (Å²) in [4.78, 5) is 15.4. The number of fused-ring (bicyclic) bond motifs is 1. The Labute approximate surface area is 165 Å². The molecule has 26 heavy (non-hydrogen) atoms. The van der Waals surface area contributed by atoms with Gasteiger partial charge in [0.1, 0.15) is 22.4 Å². The quantitative estimate of drug-likeness (QED) is 0.534. The Morgan fingerprint density at radius 3 is 2.85 bits per heavy atom. The first-order chi connectivity index (χ1) is 12.6. The zero-order chi connectivity index (χ0) is 18.5. The molecule has 8 heteroatoms. The Morgan fingerprint density at radius 1 is 1.27 bits per heavy atom. The van der Waals surface area contributed by atoms with Gasteiger partial charge in [-0.3, -0.25) is 4.79 Å². The lowest BCUT2D eigenvalue weighted by molar-refractivity contribution is 0.0950. The largest absolute Gasteiger partial charge is 0.491 e. The van der Waals surface area contributed by atoms with Crippen LogP contribution in [0.15, 0.2) is 30.3 Å². The number of hydrogen-bond donors (Lipinski definition) is 2. The first-order valence-corrected chi connectivity index (χ1v) is 9.61. The second-order valence-corrected chi connectivity index (χ2v) is 7.60. The van der Waals surface area contributed by atoms with E-state index in [2.05, 4.69) is 10.3 Å². The van der Waals surface area contributed by atoms with Crippen LogP contribution in [0.1, 0.15) is 16.1 Å². The summed E-state index contributed by atoms with van der Waals surface area (Å²) in [5.74, 6) is 0.624. The number of thiophene rings is 1. The van der Waals surface area contributed by atoms with Gasteiger partial charge in [0.2, 0.25) is 0 Å². The standard InChI is InChI=1S/C18H18Cl2N2O3S/c1-24-8-9-25-13-5-3-2-4-11(13)6-7-21-18(23)12-10-14-16(22-12)15(19)17(20)26-14/h2-5,10,22H,6-9H2,1H3,(H,21,23). The van der Waals surface area contributed by atoms with E-state index in [1.165, 1.54) is 11.3 Å². The second kappa shape index (κ2) is 8.77. The zero-order valence-corrected chi connectivity index (χ0v) is 16.4. The molecule has 2 aromatic heterocycles. The molecule has 0 atom stereocenters. The third-order valence-corrected chi connectivity index (χ3v) is 5.75. The van der Waals surface area contributed by atoms with Gasteiger partial charge in [0.15, 0.2) is 0 Å². The Kier molecular flexibility index (Phi) is 6.43. The van der Waals surface area contributed by atoms with Crippen molar-refractivity contribution in [3.8, 4) is 5.75 Å². The monoisotopic (exact) mass is 412 g/mol. The van der Waals surface area contributed by atoms with E-state index in [9.17, 15) is 4.79 Å². The van der Waals surface area contributed by atoms with Crippen LogP contribution in [0.4, 0.5) is 0 Å².